The lowest BCUT2D eigenvalue weighted by molar-refractivity contribution is -0.117. The molecule has 0 radical (unpaired) electrons. The molecule has 1 aromatic rings. The molecular weight excluding hydrogens is 326 g/mol. The monoisotopic (exact) mass is 353 g/mol. The molecule has 0 unspecified atom stereocenters. The Morgan fingerprint density at radius 1 is 1.29 bits per heavy atom. The fraction of sp³-hybridized carbons (Fsp3) is 0.750. The molecule has 134 valence electrons. The number of carbonyl (C=O) groups excluding carboxylic acids is 2. The summed E-state index contributed by atoms with van der Waals surface area (Å²) in [6.45, 7) is 5.56. The highest BCUT2D eigenvalue weighted by Crippen LogP contribution is 2.28. The SMILES string of the molecule is CC(C)(C)NC(=O)NC(=O)CSc1n[nH]c(CCC2CCCC2)n1. The van der Waals surface area contributed by atoms with E-state index in [1.807, 2.05) is 20.8 Å². The number of thioether (sulfide) groups is 1. The van der Waals surface area contributed by atoms with Gasteiger partial charge in [-0.15, -0.1) is 5.10 Å². The number of amides is 3. The number of nitrogens with one attached hydrogen (secondary N) is 3. The smallest absolute Gasteiger partial charge is 0.321 e. The quantitative estimate of drug-likeness (QED) is 0.683. The van der Waals surface area contributed by atoms with Crippen molar-refractivity contribution in [3.63, 3.8) is 0 Å². The largest absolute Gasteiger partial charge is 0.333 e. The van der Waals surface area contributed by atoms with Crippen molar-refractivity contribution in [3.05, 3.63) is 5.82 Å². The highest BCUT2D eigenvalue weighted by molar-refractivity contribution is 7.99. The third kappa shape index (κ3) is 6.90. The molecule has 24 heavy (non-hydrogen) atoms. The maximum atomic E-state index is 11.8. The number of hydrogen-bond donors (Lipinski definition) is 3. The summed E-state index contributed by atoms with van der Waals surface area (Å²) in [5.74, 6) is 1.44. The fourth-order valence-electron chi connectivity index (χ4n) is 2.76. The van der Waals surface area contributed by atoms with Gasteiger partial charge in [0, 0.05) is 12.0 Å². The van der Waals surface area contributed by atoms with Crippen LogP contribution in [0.1, 0.15) is 58.7 Å². The summed E-state index contributed by atoms with van der Waals surface area (Å²) in [4.78, 5) is 27.8. The Morgan fingerprint density at radius 2 is 2.00 bits per heavy atom. The molecule has 3 amide bonds. The molecule has 1 aromatic heterocycles. The van der Waals surface area contributed by atoms with E-state index in [1.54, 1.807) is 0 Å². The van der Waals surface area contributed by atoms with Gasteiger partial charge in [-0.05, 0) is 33.1 Å². The van der Waals surface area contributed by atoms with Crippen molar-refractivity contribution in [2.45, 2.75) is 70.0 Å². The molecule has 0 aromatic carbocycles. The molecule has 0 spiro atoms. The summed E-state index contributed by atoms with van der Waals surface area (Å²) in [6.07, 6.45) is 7.39. The molecule has 0 saturated heterocycles. The van der Waals surface area contributed by atoms with Gasteiger partial charge < -0.3 is 5.32 Å². The van der Waals surface area contributed by atoms with Crippen molar-refractivity contribution in [3.8, 4) is 0 Å². The van der Waals surface area contributed by atoms with Crippen molar-refractivity contribution in [1.82, 2.24) is 25.8 Å². The van der Waals surface area contributed by atoms with Gasteiger partial charge in [0.2, 0.25) is 11.1 Å². The number of nitrogens with zero attached hydrogens (tertiary/aromatic N) is 2. The molecular formula is C16H27N5O2S. The van der Waals surface area contributed by atoms with E-state index in [0.717, 1.165) is 24.6 Å². The normalized spacial score (nSPS) is 15.5. The molecule has 0 atom stereocenters. The summed E-state index contributed by atoms with van der Waals surface area (Å²) in [7, 11) is 0. The van der Waals surface area contributed by atoms with Crippen LogP contribution in [-0.4, -0.2) is 38.4 Å². The molecule has 1 aliphatic rings. The van der Waals surface area contributed by atoms with Crippen LogP contribution in [0.3, 0.4) is 0 Å². The van der Waals surface area contributed by atoms with Crippen LogP contribution in [0.2, 0.25) is 0 Å². The highest BCUT2D eigenvalue weighted by Gasteiger charge is 2.17. The van der Waals surface area contributed by atoms with Crippen molar-refractivity contribution in [2.24, 2.45) is 5.92 Å². The first-order valence-corrected chi connectivity index (χ1v) is 9.46. The zero-order valence-electron chi connectivity index (χ0n) is 14.6. The number of H-pyrrole nitrogens is 1. The molecule has 1 heterocycles. The number of rotatable bonds is 6. The number of imide groups is 1. The van der Waals surface area contributed by atoms with E-state index in [9.17, 15) is 9.59 Å². The van der Waals surface area contributed by atoms with Crippen LogP contribution in [0.5, 0.6) is 0 Å². The summed E-state index contributed by atoms with van der Waals surface area (Å²) in [5, 5.41) is 12.6. The minimum absolute atomic E-state index is 0.109. The first kappa shape index (κ1) is 18.8. The number of carbonyl (C=O) groups is 2. The summed E-state index contributed by atoms with van der Waals surface area (Å²) in [5.41, 5.74) is -0.379. The van der Waals surface area contributed by atoms with Gasteiger partial charge in [-0.2, -0.15) is 0 Å². The number of aryl methyl sites for hydroxylation is 1. The van der Waals surface area contributed by atoms with E-state index >= 15 is 0 Å². The lowest BCUT2D eigenvalue weighted by atomic mass is 10.0. The van der Waals surface area contributed by atoms with Crippen LogP contribution in [0.15, 0.2) is 5.16 Å². The molecule has 7 nitrogen and oxygen atoms in total. The van der Waals surface area contributed by atoms with Gasteiger partial charge in [0.1, 0.15) is 5.82 Å². The summed E-state index contributed by atoms with van der Waals surface area (Å²) in [6, 6.07) is -0.486. The number of aromatic nitrogens is 3. The fourth-order valence-corrected chi connectivity index (χ4v) is 3.38. The molecule has 1 saturated carbocycles. The van der Waals surface area contributed by atoms with Gasteiger partial charge in [-0.3, -0.25) is 15.2 Å². The Bertz CT molecular complexity index is 561. The standard InChI is InChI=1S/C16H27N5O2S/c1-16(2,3)19-14(23)18-13(22)10-24-15-17-12(20-21-15)9-8-11-6-4-5-7-11/h11H,4-10H2,1-3H3,(H,17,20,21)(H2,18,19,22,23). The second-order valence-corrected chi connectivity index (χ2v) is 8.24. The van der Waals surface area contributed by atoms with Gasteiger partial charge in [-0.1, -0.05) is 37.4 Å². The van der Waals surface area contributed by atoms with Gasteiger partial charge in [-0.25, -0.2) is 9.78 Å². The van der Waals surface area contributed by atoms with E-state index in [0.29, 0.717) is 5.16 Å². The van der Waals surface area contributed by atoms with Crippen molar-refractivity contribution in [1.29, 1.82) is 0 Å². The maximum Gasteiger partial charge on any atom is 0.321 e. The van der Waals surface area contributed by atoms with Crippen LogP contribution in [0.4, 0.5) is 4.79 Å². The number of hydrogen-bond acceptors (Lipinski definition) is 5. The lowest BCUT2D eigenvalue weighted by Gasteiger charge is -2.20. The van der Waals surface area contributed by atoms with Crippen LogP contribution in [0, 0.1) is 5.92 Å². The second kappa shape index (κ2) is 8.50. The van der Waals surface area contributed by atoms with E-state index in [1.165, 1.54) is 37.4 Å². The first-order valence-electron chi connectivity index (χ1n) is 8.48. The summed E-state index contributed by atoms with van der Waals surface area (Å²) < 4.78 is 0. The molecule has 3 N–H and O–H groups in total. The van der Waals surface area contributed by atoms with E-state index in [-0.39, 0.29) is 17.2 Å². The molecule has 8 heteroatoms. The van der Waals surface area contributed by atoms with Gasteiger partial charge in [0.25, 0.3) is 0 Å². The van der Waals surface area contributed by atoms with Crippen molar-refractivity contribution in [2.75, 3.05) is 5.75 Å². The van der Waals surface area contributed by atoms with E-state index < -0.39 is 6.03 Å². The first-order chi connectivity index (χ1) is 11.3. The van der Waals surface area contributed by atoms with Gasteiger partial charge in [0.05, 0.1) is 5.75 Å². The lowest BCUT2D eigenvalue weighted by Crippen LogP contribution is -2.48. The average molecular weight is 353 g/mol. The van der Waals surface area contributed by atoms with E-state index in [4.69, 9.17) is 0 Å². The molecule has 0 bridgehead atoms. The molecule has 0 aliphatic heterocycles. The topological polar surface area (TPSA) is 99.8 Å². The van der Waals surface area contributed by atoms with Gasteiger partial charge in [0.15, 0.2) is 0 Å². The zero-order chi connectivity index (χ0) is 17.6. The average Bonchev–Trinajstić information content (AvgIpc) is 3.12. The van der Waals surface area contributed by atoms with Crippen LogP contribution >= 0.6 is 11.8 Å². The Hall–Kier alpha value is -1.57. The van der Waals surface area contributed by atoms with Crippen LogP contribution in [-0.2, 0) is 11.2 Å². The Kier molecular flexibility index (Phi) is 6.65. The third-order valence-corrected chi connectivity index (χ3v) is 4.70. The summed E-state index contributed by atoms with van der Waals surface area (Å²) >= 11 is 1.22. The third-order valence-electron chi connectivity index (χ3n) is 3.85. The van der Waals surface area contributed by atoms with Crippen LogP contribution < -0.4 is 10.6 Å². The second-order valence-electron chi connectivity index (χ2n) is 7.29. The maximum absolute atomic E-state index is 11.8. The Labute approximate surface area is 147 Å². The minimum Gasteiger partial charge on any atom is -0.333 e. The Morgan fingerprint density at radius 3 is 2.67 bits per heavy atom. The highest BCUT2D eigenvalue weighted by atomic mass is 32.2. The predicted molar refractivity (Wildman–Crippen MR) is 93.8 cm³/mol. The zero-order valence-corrected chi connectivity index (χ0v) is 15.5. The molecule has 2 rings (SSSR count). The number of aromatic amines is 1. The van der Waals surface area contributed by atoms with Crippen molar-refractivity contribution < 1.29 is 9.59 Å². The Balaban J connectivity index is 1.68. The molecule has 1 fully saturated rings. The van der Waals surface area contributed by atoms with Gasteiger partial charge >= 0.3 is 6.03 Å². The predicted octanol–water partition coefficient (Wildman–Crippen LogP) is 2.64. The minimum atomic E-state index is -0.486. The van der Waals surface area contributed by atoms with Crippen LogP contribution in [0.25, 0.3) is 0 Å². The van der Waals surface area contributed by atoms with Crippen molar-refractivity contribution >= 4 is 23.7 Å². The molecule has 1 aliphatic carbocycles. The van der Waals surface area contributed by atoms with E-state index in [2.05, 4.69) is 25.8 Å². The number of urea groups is 1.